The SMILES string of the molecule is CCCCOCC(=O)NCCCC(=O)O. The van der Waals surface area contributed by atoms with Crippen LogP contribution in [0.4, 0.5) is 0 Å². The minimum absolute atomic E-state index is 0.0626. The van der Waals surface area contributed by atoms with Gasteiger partial charge in [0.05, 0.1) is 0 Å². The average molecular weight is 217 g/mol. The van der Waals surface area contributed by atoms with Gasteiger partial charge in [-0.05, 0) is 12.8 Å². The summed E-state index contributed by atoms with van der Waals surface area (Å²) in [6.45, 7) is 3.10. The van der Waals surface area contributed by atoms with Gasteiger partial charge in [0.25, 0.3) is 0 Å². The van der Waals surface area contributed by atoms with Crippen molar-refractivity contribution in [3.8, 4) is 0 Å². The zero-order chi connectivity index (χ0) is 11.5. The van der Waals surface area contributed by atoms with Crippen molar-refractivity contribution in [2.75, 3.05) is 19.8 Å². The summed E-state index contributed by atoms with van der Waals surface area (Å²) in [5, 5.41) is 10.9. The third-order valence-electron chi connectivity index (χ3n) is 1.76. The van der Waals surface area contributed by atoms with Gasteiger partial charge in [-0.25, -0.2) is 0 Å². The van der Waals surface area contributed by atoms with Gasteiger partial charge in [0.15, 0.2) is 0 Å². The van der Waals surface area contributed by atoms with E-state index >= 15 is 0 Å². The molecule has 0 atom stereocenters. The Balaban J connectivity index is 3.22. The van der Waals surface area contributed by atoms with Crippen molar-refractivity contribution in [3.05, 3.63) is 0 Å². The number of aliphatic carboxylic acids is 1. The summed E-state index contributed by atoms with van der Waals surface area (Å²) in [6, 6.07) is 0. The highest BCUT2D eigenvalue weighted by atomic mass is 16.5. The predicted octanol–water partition coefficient (Wildman–Crippen LogP) is 0.784. The van der Waals surface area contributed by atoms with E-state index in [2.05, 4.69) is 12.2 Å². The molecule has 0 spiro atoms. The molecule has 0 aliphatic carbocycles. The molecule has 0 aromatic carbocycles. The van der Waals surface area contributed by atoms with E-state index in [9.17, 15) is 9.59 Å². The van der Waals surface area contributed by atoms with Crippen molar-refractivity contribution in [3.63, 3.8) is 0 Å². The first-order valence-corrected chi connectivity index (χ1v) is 5.23. The van der Waals surface area contributed by atoms with E-state index in [0.717, 1.165) is 12.8 Å². The highest BCUT2D eigenvalue weighted by Gasteiger charge is 2.01. The Labute approximate surface area is 89.8 Å². The number of ether oxygens (including phenoxy) is 1. The van der Waals surface area contributed by atoms with Crippen LogP contribution in [0.25, 0.3) is 0 Å². The molecule has 0 saturated carbocycles. The molecule has 5 heteroatoms. The maximum Gasteiger partial charge on any atom is 0.303 e. The van der Waals surface area contributed by atoms with Crippen LogP contribution in [0.15, 0.2) is 0 Å². The molecule has 1 amide bonds. The van der Waals surface area contributed by atoms with Gasteiger partial charge < -0.3 is 15.2 Å². The number of hydrogen-bond donors (Lipinski definition) is 2. The zero-order valence-corrected chi connectivity index (χ0v) is 9.12. The molecular weight excluding hydrogens is 198 g/mol. The molecule has 0 heterocycles. The first-order valence-electron chi connectivity index (χ1n) is 5.23. The zero-order valence-electron chi connectivity index (χ0n) is 9.12. The molecule has 0 aliphatic rings. The Morgan fingerprint density at radius 1 is 1.33 bits per heavy atom. The van der Waals surface area contributed by atoms with E-state index in [1.807, 2.05) is 0 Å². The van der Waals surface area contributed by atoms with Crippen LogP contribution in [-0.2, 0) is 14.3 Å². The van der Waals surface area contributed by atoms with Gasteiger partial charge >= 0.3 is 5.97 Å². The summed E-state index contributed by atoms with van der Waals surface area (Å²) < 4.78 is 5.09. The van der Waals surface area contributed by atoms with Crippen molar-refractivity contribution in [2.24, 2.45) is 0 Å². The molecule has 15 heavy (non-hydrogen) atoms. The van der Waals surface area contributed by atoms with E-state index in [-0.39, 0.29) is 18.9 Å². The van der Waals surface area contributed by atoms with Crippen LogP contribution in [-0.4, -0.2) is 36.7 Å². The predicted molar refractivity (Wildman–Crippen MR) is 55.6 cm³/mol. The van der Waals surface area contributed by atoms with Crippen LogP contribution in [0.2, 0.25) is 0 Å². The molecule has 0 aliphatic heterocycles. The van der Waals surface area contributed by atoms with Crippen LogP contribution in [0, 0.1) is 0 Å². The summed E-state index contributed by atoms with van der Waals surface area (Å²) >= 11 is 0. The monoisotopic (exact) mass is 217 g/mol. The molecule has 0 aromatic heterocycles. The Kier molecular flexibility index (Phi) is 8.76. The lowest BCUT2D eigenvalue weighted by atomic mass is 10.3. The molecule has 0 fully saturated rings. The fourth-order valence-corrected chi connectivity index (χ4v) is 0.930. The Morgan fingerprint density at radius 2 is 2.07 bits per heavy atom. The van der Waals surface area contributed by atoms with Crippen molar-refractivity contribution in [1.82, 2.24) is 5.32 Å². The van der Waals surface area contributed by atoms with Crippen LogP contribution in [0.5, 0.6) is 0 Å². The lowest BCUT2D eigenvalue weighted by Crippen LogP contribution is -2.28. The minimum Gasteiger partial charge on any atom is -0.481 e. The van der Waals surface area contributed by atoms with Crippen LogP contribution in [0.1, 0.15) is 32.6 Å². The highest BCUT2D eigenvalue weighted by Crippen LogP contribution is 1.88. The molecule has 0 bridgehead atoms. The van der Waals surface area contributed by atoms with Gasteiger partial charge in [-0.1, -0.05) is 13.3 Å². The number of unbranched alkanes of at least 4 members (excludes halogenated alkanes) is 1. The summed E-state index contributed by atoms with van der Waals surface area (Å²) in [7, 11) is 0. The molecule has 5 nitrogen and oxygen atoms in total. The number of carbonyl (C=O) groups is 2. The Hall–Kier alpha value is -1.10. The fraction of sp³-hybridized carbons (Fsp3) is 0.800. The smallest absolute Gasteiger partial charge is 0.303 e. The Morgan fingerprint density at radius 3 is 2.67 bits per heavy atom. The maximum atomic E-state index is 11.1. The summed E-state index contributed by atoms with van der Waals surface area (Å²) in [5.41, 5.74) is 0. The second kappa shape index (κ2) is 9.45. The number of nitrogens with one attached hydrogen (secondary N) is 1. The standard InChI is InChI=1S/C10H19NO4/c1-2-3-7-15-8-9(12)11-6-4-5-10(13)14/h2-8H2,1H3,(H,11,12)(H,13,14). The number of carbonyl (C=O) groups excluding carboxylic acids is 1. The third-order valence-corrected chi connectivity index (χ3v) is 1.76. The average Bonchev–Trinajstić information content (AvgIpc) is 2.19. The van der Waals surface area contributed by atoms with E-state index in [1.54, 1.807) is 0 Å². The van der Waals surface area contributed by atoms with Crippen molar-refractivity contribution >= 4 is 11.9 Å². The topological polar surface area (TPSA) is 75.6 Å². The molecule has 0 saturated heterocycles. The van der Waals surface area contributed by atoms with Crippen LogP contribution < -0.4 is 5.32 Å². The lowest BCUT2D eigenvalue weighted by molar-refractivity contribution is -0.137. The van der Waals surface area contributed by atoms with E-state index in [4.69, 9.17) is 9.84 Å². The first kappa shape index (κ1) is 13.9. The van der Waals surface area contributed by atoms with Gasteiger partial charge in [-0.3, -0.25) is 9.59 Å². The van der Waals surface area contributed by atoms with Crippen LogP contribution in [0.3, 0.4) is 0 Å². The lowest BCUT2D eigenvalue weighted by Gasteiger charge is -2.04. The number of hydrogen-bond acceptors (Lipinski definition) is 3. The van der Waals surface area contributed by atoms with Crippen molar-refractivity contribution in [1.29, 1.82) is 0 Å². The largest absolute Gasteiger partial charge is 0.481 e. The van der Waals surface area contributed by atoms with Gasteiger partial charge in [-0.2, -0.15) is 0 Å². The number of carboxylic acid groups (broad SMARTS) is 1. The quantitative estimate of drug-likeness (QED) is 0.560. The van der Waals surface area contributed by atoms with Crippen molar-refractivity contribution in [2.45, 2.75) is 32.6 Å². The fourth-order valence-electron chi connectivity index (χ4n) is 0.930. The number of carboxylic acids is 1. The van der Waals surface area contributed by atoms with Gasteiger partial charge in [0.1, 0.15) is 6.61 Å². The Bertz CT molecular complexity index is 194. The normalized spacial score (nSPS) is 9.93. The van der Waals surface area contributed by atoms with E-state index < -0.39 is 5.97 Å². The van der Waals surface area contributed by atoms with Crippen LogP contribution >= 0.6 is 0 Å². The molecule has 88 valence electrons. The molecular formula is C10H19NO4. The number of amides is 1. The molecule has 2 N–H and O–H groups in total. The summed E-state index contributed by atoms with van der Waals surface area (Å²) in [6.07, 6.45) is 2.53. The summed E-state index contributed by atoms with van der Waals surface area (Å²) in [4.78, 5) is 21.2. The first-order chi connectivity index (χ1) is 7.16. The van der Waals surface area contributed by atoms with E-state index in [0.29, 0.717) is 19.6 Å². The summed E-state index contributed by atoms with van der Waals surface area (Å²) in [5.74, 6) is -1.03. The minimum atomic E-state index is -0.844. The van der Waals surface area contributed by atoms with Gasteiger partial charge in [-0.15, -0.1) is 0 Å². The molecule has 0 radical (unpaired) electrons. The second-order valence-electron chi connectivity index (χ2n) is 3.25. The highest BCUT2D eigenvalue weighted by molar-refractivity contribution is 5.77. The molecule has 0 rings (SSSR count). The third kappa shape index (κ3) is 10.8. The van der Waals surface area contributed by atoms with Gasteiger partial charge in [0, 0.05) is 19.6 Å². The second-order valence-corrected chi connectivity index (χ2v) is 3.25. The van der Waals surface area contributed by atoms with Crippen molar-refractivity contribution < 1.29 is 19.4 Å². The van der Waals surface area contributed by atoms with E-state index in [1.165, 1.54) is 0 Å². The van der Waals surface area contributed by atoms with Gasteiger partial charge in [0.2, 0.25) is 5.91 Å². The molecule has 0 aromatic rings. The maximum absolute atomic E-state index is 11.1. The number of rotatable bonds is 9. The molecule has 0 unspecified atom stereocenters.